The third-order valence-corrected chi connectivity index (χ3v) is 2.13. The first-order chi connectivity index (χ1) is 6.34. The van der Waals surface area contributed by atoms with Gasteiger partial charge in [-0.1, -0.05) is 15.9 Å². The van der Waals surface area contributed by atoms with Gasteiger partial charge in [0.15, 0.2) is 11.6 Å². The van der Waals surface area contributed by atoms with Gasteiger partial charge in [-0.05, 0) is 0 Å². The summed E-state index contributed by atoms with van der Waals surface area (Å²) in [7, 11) is 0. The summed E-state index contributed by atoms with van der Waals surface area (Å²) in [6.07, 6.45) is 0.527. The predicted molar refractivity (Wildman–Crippen MR) is 56.6 cm³/mol. The van der Waals surface area contributed by atoms with Crippen molar-refractivity contribution in [1.82, 2.24) is 10.6 Å². The second-order valence-electron chi connectivity index (χ2n) is 2.77. The number of nitrogens with zero attached hydrogens (tertiary/aromatic N) is 1. The molecule has 0 bridgehead atoms. The van der Waals surface area contributed by atoms with Crippen molar-refractivity contribution >= 4 is 27.5 Å². The molecule has 0 atom stereocenters. The molecule has 1 aliphatic rings. The van der Waals surface area contributed by atoms with Crippen molar-refractivity contribution in [2.45, 2.75) is 6.42 Å². The normalized spacial score (nSPS) is 15.3. The molecule has 0 radical (unpaired) electrons. The first-order valence-electron chi connectivity index (χ1n) is 4.43. The molecule has 0 saturated heterocycles. The molecule has 0 spiro atoms. The maximum atomic E-state index is 11.4. The lowest BCUT2D eigenvalue weighted by atomic mass is 10.2. The monoisotopic (exact) mass is 247 g/mol. The topological polar surface area (TPSA) is 53.5 Å². The Morgan fingerprint density at radius 2 is 2.46 bits per heavy atom. The number of alkyl halides is 1. The number of aliphatic imine (C=N–C) groups is 1. The minimum absolute atomic E-state index is 0.111. The average Bonchev–Trinajstić information content (AvgIpc) is 2.65. The maximum absolute atomic E-state index is 11.4. The quantitative estimate of drug-likeness (QED) is 0.511. The van der Waals surface area contributed by atoms with E-state index < -0.39 is 0 Å². The summed E-state index contributed by atoms with van der Waals surface area (Å²) in [4.78, 5) is 15.4. The molecule has 1 heterocycles. The van der Waals surface area contributed by atoms with E-state index in [1.165, 1.54) is 0 Å². The van der Waals surface area contributed by atoms with Crippen molar-refractivity contribution in [3.8, 4) is 0 Å². The second-order valence-corrected chi connectivity index (χ2v) is 3.56. The summed E-state index contributed by atoms with van der Waals surface area (Å²) in [5, 5.41) is 7.02. The van der Waals surface area contributed by atoms with Crippen molar-refractivity contribution in [2.75, 3.05) is 31.5 Å². The summed E-state index contributed by atoms with van der Waals surface area (Å²) >= 11 is 3.30. The SMILES string of the molecule is O=C(CCNCCBr)C1=NCCN1. The number of halogens is 1. The largest absolute Gasteiger partial charge is 0.366 e. The van der Waals surface area contributed by atoms with Crippen molar-refractivity contribution in [1.29, 1.82) is 0 Å². The molecule has 0 aromatic rings. The highest BCUT2D eigenvalue weighted by atomic mass is 79.9. The third kappa shape index (κ3) is 3.87. The molecule has 74 valence electrons. The highest BCUT2D eigenvalue weighted by molar-refractivity contribution is 9.09. The van der Waals surface area contributed by atoms with E-state index in [9.17, 15) is 4.79 Å². The minimum Gasteiger partial charge on any atom is -0.366 e. The Morgan fingerprint density at radius 3 is 3.08 bits per heavy atom. The summed E-state index contributed by atoms with van der Waals surface area (Å²) in [6.45, 7) is 3.16. The van der Waals surface area contributed by atoms with Crippen molar-refractivity contribution in [3.63, 3.8) is 0 Å². The van der Waals surface area contributed by atoms with Gasteiger partial charge >= 0.3 is 0 Å². The second kappa shape index (κ2) is 6.10. The standard InChI is InChI=1S/C8H14BrN3O/c9-2-4-10-3-1-7(13)8-11-5-6-12-8/h10H,1-6H2,(H,11,12). The zero-order valence-electron chi connectivity index (χ0n) is 7.48. The number of ketones is 1. The number of hydrogen-bond acceptors (Lipinski definition) is 4. The fourth-order valence-corrected chi connectivity index (χ4v) is 1.38. The molecule has 0 aliphatic carbocycles. The zero-order chi connectivity index (χ0) is 9.52. The molecule has 2 N–H and O–H groups in total. The van der Waals surface area contributed by atoms with Crippen molar-refractivity contribution in [3.05, 3.63) is 0 Å². The van der Waals surface area contributed by atoms with E-state index in [1.807, 2.05) is 0 Å². The first kappa shape index (κ1) is 10.7. The van der Waals surface area contributed by atoms with Crippen LogP contribution in [0.15, 0.2) is 4.99 Å². The van der Waals surface area contributed by atoms with E-state index in [-0.39, 0.29) is 5.78 Å². The van der Waals surface area contributed by atoms with Crippen LogP contribution >= 0.6 is 15.9 Å². The van der Waals surface area contributed by atoms with Crippen LogP contribution in [0.3, 0.4) is 0 Å². The number of Topliss-reactive ketones (excluding diaryl/α,β-unsaturated/α-hetero) is 1. The zero-order valence-corrected chi connectivity index (χ0v) is 9.06. The molecule has 4 nitrogen and oxygen atoms in total. The molecular weight excluding hydrogens is 234 g/mol. The number of amidine groups is 1. The minimum atomic E-state index is 0.111. The molecular formula is C8H14BrN3O. The van der Waals surface area contributed by atoms with Crippen LogP contribution in [-0.2, 0) is 4.79 Å². The number of rotatable bonds is 6. The first-order valence-corrected chi connectivity index (χ1v) is 5.55. The van der Waals surface area contributed by atoms with Crippen LogP contribution in [0.2, 0.25) is 0 Å². The Labute approximate surface area is 86.3 Å². The molecule has 1 rings (SSSR count). The summed E-state index contributed by atoms with van der Waals surface area (Å²) in [5.74, 6) is 0.667. The van der Waals surface area contributed by atoms with E-state index in [4.69, 9.17) is 0 Å². The van der Waals surface area contributed by atoms with Gasteiger partial charge in [0.05, 0.1) is 6.54 Å². The molecule has 13 heavy (non-hydrogen) atoms. The van der Waals surface area contributed by atoms with Crippen molar-refractivity contribution in [2.24, 2.45) is 4.99 Å². The van der Waals surface area contributed by atoms with Crippen LogP contribution in [0.1, 0.15) is 6.42 Å². The average molecular weight is 248 g/mol. The van der Waals surface area contributed by atoms with Gasteiger partial charge in [0, 0.05) is 31.4 Å². The van der Waals surface area contributed by atoms with E-state index >= 15 is 0 Å². The lowest BCUT2D eigenvalue weighted by molar-refractivity contribution is -0.113. The molecule has 0 aromatic carbocycles. The Balaban J connectivity index is 2.10. The number of carbonyl (C=O) groups is 1. The van der Waals surface area contributed by atoms with E-state index in [0.29, 0.717) is 12.3 Å². The summed E-state index contributed by atoms with van der Waals surface area (Å²) in [6, 6.07) is 0. The maximum Gasteiger partial charge on any atom is 0.198 e. The van der Waals surface area contributed by atoms with Gasteiger partial charge in [-0.3, -0.25) is 9.79 Å². The van der Waals surface area contributed by atoms with Crippen LogP contribution in [0.5, 0.6) is 0 Å². The van der Waals surface area contributed by atoms with Gasteiger partial charge in [-0.15, -0.1) is 0 Å². The third-order valence-electron chi connectivity index (χ3n) is 1.74. The smallest absolute Gasteiger partial charge is 0.198 e. The van der Waals surface area contributed by atoms with Crippen LogP contribution in [-0.4, -0.2) is 43.1 Å². The van der Waals surface area contributed by atoms with E-state index in [0.717, 1.165) is 31.5 Å². The Morgan fingerprint density at radius 1 is 1.62 bits per heavy atom. The number of nitrogens with one attached hydrogen (secondary N) is 2. The van der Waals surface area contributed by atoms with E-state index in [1.54, 1.807) is 0 Å². The van der Waals surface area contributed by atoms with Gasteiger partial charge in [0.1, 0.15) is 0 Å². The van der Waals surface area contributed by atoms with Crippen molar-refractivity contribution < 1.29 is 4.79 Å². The molecule has 0 unspecified atom stereocenters. The summed E-state index contributed by atoms with van der Waals surface area (Å²) < 4.78 is 0. The van der Waals surface area contributed by atoms with Gasteiger partial charge in [-0.25, -0.2) is 0 Å². The predicted octanol–water partition coefficient (Wildman–Crippen LogP) is -0.0682. The number of carbonyl (C=O) groups excluding carboxylic acids is 1. The molecule has 5 heteroatoms. The van der Waals surface area contributed by atoms with Crippen LogP contribution in [0.4, 0.5) is 0 Å². The van der Waals surface area contributed by atoms with Gasteiger partial charge in [0.25, 0.3) is 0 Å². The number of hydrogen-bond donors (Lipinski definition) is 2. The van der Waals surface area contributed by atoms with Gasteiger partial charge in [0.2, 0.25) is 0 Å². The molecule has 1 aliphatic heterocycles. The summed E-state index contributed by atoms with van der Waals surface area (Å²) in [5.41, 5.74) is 0. The fourth-order valence-electron chi connectivity index (χ4n) is 1.10. The fraction of sp³-hybridized carbons (Fsp3) is 0.750. The Bertz CT molecular complexity index is 206. The highest BCUT2D eigenvalue weighted by Crippen LogP contribution is 1.90. The van der Waals surface area contributed by atoms with Crippen LogP contribution in [0, 0.1) is 0 Å². The molecule has 0 amide bonds. The molecule has 0 fully saturated rings. The molecule has 0 saturated carbocycles. The molecule has 0 aromatic heterocycles. The lowest BCUT2D eigenvalue weighted by Crippen LogP contribution is -2.30. The van der Waals surface area contributed by atoms with Gasteiger partial charge < -0.3 is 10.6 Å². The Hall–Kier alpha value is -0.420. The highest BCUT2D eigenvalue weighted by Gasteiger charge is 2.13. The van der Waals surface area contributed by atoms with Crippen LogP contribution in [0.25, 0.3) is 0 Å². The van der Waals surface area contributed by atoms with Crippen LogP contribution < -0.4 is 10.6 Å². The Kier molecular flexibility index (Phi) is 5.00. The van der Waals surface area contributed by atoms with Gasteiger partial charge in [-0.2, -0.15) is 0 Å². The van der Waals surface area contributed by atoms with E-state index in [2.05, 4.69) is 31.6 Å². The lowest BCUT2D eigenvalue weighted by Gasteiger charge is -2.02.